The van der Waals surface area contributed by atoms with Crippen molar-refractivity contribution in [1.29, 1.82) is 0 Å². The minimum Gasteiger partial charge on any atom is -0.379 e. The molecule has 18 heteroatoms. The number of piperazine rings is 1. The molecule has 3 N–H and O–H groups in total. The Morgan fingerprint density at radius 2 is 1.57 bits per heavy atom. The van der Waals surface area contributed by atoms with Crippen LogP contribution in [0.4, 0.5) is 5.95 Å². The van der Waals surface area contributed by atoms with Gasteiger partial charge in [0.25, 0.3) is 0 Å². The molecule has 4 aromatic heterocycles. The molecule has 0 saturated carbocycles. The van der Waals surface area contributed by atoms with Crippen molar-refractivity contribution >= 4 is 39.8 Å². The van der Waals surface area contributed by atoms with Gasteiger partial charge in [0.05, 0.1) is 68.7 Å². The number of aryl methyl sites for hydroxylation is 2. The van der Waals surface area contributed by atoms with Gasteiger partial charge in [-0.05, 0) is 55.5 Å². The summed E-state index contributed by atoms with van der Waals surface area (Å²) in [5.74, 6) is -0.106. The molecule has 61 heavy (non-hydrogen) atoms. The summed E-state index contributed by atoms with van der Waals surface area (Å²) in [6, 6.07) is 9.24. The number of aromatic amines is 1. The van der Waals surface area contributed by atoms with E-state index in [9.17, 15) is 14.4 Å². The van der Waals surface area contributed by atoms with Gasteiger partial charge >= 0.3 is 5.69 Å². The number of hydrogen-bond donors (Lipinski definition) is 3. The molecule has 0 bridgehead atoms. The van der Waals surface area contributed by atoms with Crippen LogP contribution in [-0.2, 0) is 48.5 Å². The highest BCUT2D eigenvalue weighted by Crippen LogP contribution is 2.27. The number of imidazole rings is 1. The van der Waals surface area contributed by atoms with Gasteiger partial charge in [-0.2, -0.15) is 15.2 Å². The van der Waals surface area contributed by atoms with Crippen LogP contribution < -0.4 is 16.3 Å². The number of nitrogens with zero attached hydrogens (tertiary/aromatic N) is 8. The molecule has 0 unspecified atom stereocenters. The summed E-state index contributed by atoms with van der Waals surface area (Å²) < 4.78 is 25.9. The summed E-state index contributed by atoms with van der Waals surface area (Å²) in [6.45, 7) is 12.9. The van der Waals surface area contributed by atoms with Crippen LogP contribution in [0.5, 0.6) is 0 Å². The van der Waals surface area contributed by atoms with Gasteiger partial charge in [-0.1, -0.05) is 19.4 Å². The maximum Gasteiger partial charge on any atom is 0.329 e. The summed E-state index contributed by atoms with van der Waals surface area (Å²) in [6.07, 6.45) is 8.10. The Morgan fingerprint density at radius 1 is 0.836 bits per heavy atom. The van der Waals surface area contributed by atoms with E-state index in [0.29, 0.717) is 70.7 Å². The SMILES string of the molecule is CCCCNc1ncc2c(-c3ccc(CN4CCN(CCOCCOCCOCCOCCCc5ccc6c(c5)n(C)c(=O)n6[C@H]5CCC(=O)NC5=O)CC4)nn3)c[nH]c2n1. The van der Waals surface area contributed by atoms with Crippen molar-refractivity contribution in [3.63, 3.8) is 0 Å². The number of piperidine rings is 1. The third-order valence-corrected chi connectivity index (χ3v) is 11.2. The second kappa shape index (κ2) is 22.1. The van der Waals surface area contributed by atoms with E-state index in [1.54, 1.807) is 11.6 Å². The number of aromatic nitrogens is 7. The average molecular weight is 842 g/mol. The first-order valence-electron chi connectivity index (χ1n) is 21.6. The standard InChI is InChI=1S/C43H59N11O7/c1-3-4-13-44-42-46-29-34-33(28-45-40(34)48-42)35-9-8-32(49-50-35)30-53-16-14-52(15-17-53)18-20-59-22-24-61-26-25-60-23-21-58-19-5-6-31-7-10-36-38(27-31)51(2)43(57)54(36)37-11-12-39(55)47-41(37)56/h7-10,27-29,37H,3-6,11-26,30H2,1-2H3,(H,47,55,56)(H2,44,45,46,48)/t37-/m0/s1. The third-order valence-electron chi connectivity index (χ3n) is 11.2. The lowest BCUT2D eigenvalue weighted by molar-refractivity contribution is -0.135. The predicted octanol–water partition coefficient (Wildman–Crippen LogP) is 3.07. The number of carbonyl (C=O) groups excluding carboxylic acids is 2. The Bertz CT molecular complexity index is 2250. The minimum absolute atomic E-state index is 0.216. The fraction of sp³-hybridized carbons (Fsp3) is 0.558. The number of unbranched alkanes of at least 4 members (excludes halogenated alkanes) is 1. The molecule has 1 aromatic carbocycles. The molecule has 2 amide bonds. The Morgan fingerprint density at radius 3 is 2.30 bits per heavy atom. The molecular weight excluding hydrogens is 783 g/mol. The number of nitrogens with one attached hydrogen (secondary N) is 3. The van der Waals surface area contributed by atoms with Crippen LogP contribution in [0.3, 0.4) is 0 Å². The molecule has 7 rings (SSSR count). The summed E-state index contributed by atoms with van der Waals surface area (Å²) >= 11 is 0. The topological polar surface area (TPSA) is 196 Å². The number of benzene rings is 1. The Kier molecular flexibility index (Phi) is 15.9. The molecule has 1 atom stereocenters. The number of ether oxygens (including phenoxy) is 4. The van der Waals surface area contributed by atoms with Gasteiger partial charge in [-0.3, -0.25) is 33.8 Å². The van der Waals surface area contributed by atoms with E-state index in [2.05, 4.69) is 58.6 Å². The molecule has 328 valence electrons. The number of carbonyl (C=O) groups is 2. The van der Waals surface area contributed by atoms with Crippen LogP contribution in [0.2, 0.25) is 0 Å². The molecular formula is C43H59N11O7. The van der Waals surface area contributed by atoms with E-state index in [0.717, 1.165) is 111 Å². The maximum absolute atomic E-state index is 13.0. The van der Waals surface area contributed by atoms with Gasteiger partial charge in [0.15, 0.2) is 0 Å². The fourth-order valence-corrected chi connectivity index (χ4v) is 7.70. The second-order valence-corrected chi connectivity index (χ2v) is 15.5. The van der Waals surface area contributed by atoms with Gasteiger partial charge in [0.1, 0.15) is 11.7 Å². The summed E-state index contributed by atoms with van der Waals surface area (Å²) in [5.41, 5.74) is 5.74. The lowest BCUT2D eigenvalue weighted by atomic mass is 10.1. The Labute approximate surface area is 355 Å². The van der Waals surface area contributed by atoms with Gasteiger partial charge in [0, 0.05) is 89.2 Å². The molecule has 2 fully saturated rings. The molecule has 0 spiro atoms. The van der Waals surface area contributed by atoms with E-state index in [1.807, 2.05) is 36.7 Å². The Hall–Kier alpha value is -5.11. The molecule has 6 heterocycles. The number of fused-ring (bicyclic) bond motifs is 2. The summed E-state index contributed by atoms with van der Waals surface area (Å²) in [4.78, 5) is 54.2. The summed E-state index contributed by atoms with van der Waals surface area (Å²) in [5, 5.41) is 15.6. The highest BCUT2D eigenvalue weighted by molar-refractivity contribution is 6.00. The highest BCUT2D eigenvalue weighted by atomic mass is 16.6. The number of amides is 2. The van der Waals surface area contributed by atoms with E-state index in [-0.39, 0.29) is 18.0 Å². The molecule has 2 aliphatic rings. The zero-order chi connectivity index (χ0) is 42.4. The molecule has 5 aromatic rings. The minimum atomic E-state index is -0.687. The van der Waals surface area contributed by atoms with Gasteiger partial charge in [0.2, 0.25) is 17.8 Å². The first kappa shape index (κ1) is 44.0. The van der Waals surface area contributed by atoms with Crippen molar-refractivity contribution in [2.24, 2.45) is 7.05 Å². The highest BCUT2D eigenvalue weighted by Gasteiger charge is 2.31. The van der Waals surface area contributed by atoms with E-state index >= 15 is 0 Å². The van der Waals surface area contributed by atoms with Crippen LogP contribution in [-0.4, -0.2) is 148 Å². The number of rotatable bonds is 24. The monoisotopic (exact) mass is 841 g/mol. The zero-order valence-corrected chi connectivity index (χ0v) is 35.4. The van der Waals surface area contributed by atoms with Crippen molar-refractivity contribution in [1.82, 2.24) is 49.4 Å². The number of imide groups is 1. The summed E-state index contributed by atoms with van der Waals surface area (Å²) in [7, 11) is 1.70. The molecule has 18 nitrogen and oxygen atoms in total. The van der Waals surface area contributed by atoms with Crippen molar-refractivity contribution in [3.8, 4) is 11.3 Å². The van der Waals surface area contributed by atoms with Gasteiger partial charge < -0.3 is 29.2 Å². The number of anilines is 1. The zero-order valence-electron chi connectivity index (χ0n) is 35.4. The predicted molar refractivity (Wildman–Crippen MR) is 230 cm³/mol. The number of hydrogen-bond acceptors (Lipinski definition) is 14. The quantitative estimate of drug-likeness (QED) is 0.0606. The van der Waals surface area contributed by atoms with Crippen LogP contribution in [0.15, 0.2) is 47.5 Å². The van der Waals surface area contributed by atoms with E-state index < -0.39 is 11.9 Å². The average Bonchev–Trinajstić information content (AvgIpc) is 3.80. The van der Waals surface area contributed by atoms with Crippen molar-refractivity contribution in [3.05, 3.63) is 64.5 Å². The first-order chi connectivity index (χ1) is 29.9. The fourth-order valence-electron chi connectivity index (χ4n) is 7.70. The van der Waals surface area contributed by atoms with Crippen molar-refractivity contribution < 1.29 is 28.5 Å². The molecule has 2 saturated heterocycles. The van der Waals surface area contributed by atoms with Crippen LogP contribution in [0.25, 0.3) is 33.3 Å². The molecule has 0 radical (unpaired) electrons. The Balaban J connectivity index is 0.676. The number of H-pyrrole nitrogens is 1. The lowest BCUT2D eigenvalue weighted by Crippen LogP contribution is -2.46. The van der Waals surface area contributed by atoms with Crippen LogP contribution in [0.1, 0.15) is 56.3 Å². The third kappa shape index (κ3) is 11.8. The van der Waals surface area contributed by atoms with Crippen molar-refractivity contribution in [2.45, 2.75) is 58.0 Å². The largest absolute Gasteiger partial charge is 0.379 e. The molecule has 0 aliphatic carbocycles. The molecule has 2 aliphatic heterocycles. The van der Waals surface area contributed by atoms with Crippen LogP contribution in [0, 0.1) is 0 Å². The normalized spacial score (nSPS) is 16.5. The van der Waals surface area contributed by atoms with Crippen LogP contribution >= 0.6 is 0 Å². The van der Waals surface area contributed by atoms with Crippen molar-refractivity contribution in [2.75, 3.05) is 97.4 Å². The van der Waals surface area contributed by atoms with E-state index in [1.165, 1.54) is 4.57 Å². The maximum atomic E-state index is 13.0. The first-order valence-corrected chi connectivity index (χ1v) is 21.6. The lowest BCUT2D eigenvalue weighted by Gasteiger charge is -2.34. The van der Waals surface area contributed by atoms with Gasteiger partial charge in [-0.25, -0.2) is 9.78 Å². The second-order valence-electron chi connectivity index (χ2n) is 15.5. The smallest absolute Gasteiger partial charge is 0.329 e. The van der Waals surface area contributed by atoms with E-state index in [4.69, 9.17) is 18.9 Å². The van der Waals surface area contributed by atoms with Gasteiger partial charge in [-0.15, -0.1) is 0 Å².